The Balaban J connectivity index is 1.49. The first-order valence-electron chi connectivity index (χ1n) is 8.80. The Morgan fingerprint density at radius 2 is 2.19 bits per heavy atom. The fourth-order valence-electron chi connectivity index (χ4n) is 2.91. The lowest BCUT2D eigenvalue weighted by Crippen LogP contribution is -2.47. The van der Waals surface area contributed by atoms with Crippen molar-refractivity contribution in [2.24, 2.45) is 0 Å². The molecule has 8 nitrogen and oxygen atoms in total. The summed E-state index contributed by atoms with van der Waals surface area (Å²) in [5.41, 5.74) is 0. The lowest BCUT2D eigenvalue weighted by molar-refractivity contribution is -0.119. The number of urea groups is 1. The number of furan rings is 1. The Bertz CT molecular complexity index is 725. The van der Waals surface area contributed by atoms with Gasteiger partial charge in [-0.15, -0.1) is 10.2 Å². The van der Waals surface area contributed by atoms with E-state index in [1.54, 1.807) is 24.1 Å². The second-order valence-corrected chi connectivity index (χ2v) is 7.69. The molecule has 1 unspecified atom stereocenters. The van der Waals surface area contributed by atoms with Crippen molar-refractivity contribution in [1.29, 1.82) is 0 Å². The lowest BCUT2D eigenvalue weighted by atomic mass is 9.96. The highest BCUT2D eigenvalue weighted by Crippen LogP contribution is 2.22. The average molecular weight is 377 g/mol. The highest BCUT2D eigenvalue weighted by Gasteiger charge is 2.22. The number of amides is 3. The first-order chi connectivity index (χ1) is 12.6. The van der Waals surface area contributed by atoms with Crippen LogP contribution in [-0.2, 0) is 11.3 Å². The van der Waals surface area contributed by atoms with E-state index in [4.69, 9.17) is 4.42 Å². The minimum atomic E-state index is -0.480. The highest BCUT2D eigenvalue weighted by atomic mass is 32.2. The molecule has 1 saturated carbocycles. The van der Waals surface area contributed by atoms with Crippen molar-refractivity contribution >= 4 is 23.7 Å². The van der Waals surface area contributed by atoms with E-state index in [1.807, 2.05) is 12.1 Å². The minimum absolute atomic E-state index is 0.163. The van der Waals surface area contributed by atoms with E-state index < -0.39 is 11.3 Å². The number of carbonyl (C=O) groups is 2. The van der Waals surface area contributed by atoms with Crippen LogP contribution in [0.2, 0.25) is 0 Å². The van der Waals surface area contributed by atoms with Gasteiger partial charge in [0.1, 0.15) is 12.1 Å². The molecule has 1 fully saturated rings. The normalized spacial score (nSPS) is 16.2. The molecule has 0 bridgehead atoms. The van der Waals surface area contributed by atoms with E-state index in [9.17, 15) is 9.59 Å². The Morgan fingerprint density at radius 3 is 2.92 bits per heavy atom. The smallest absolute Gasteiger partial charge is 0.321 e. The summed E-state index contributed by atoms with van der Waals surface area (Å²) < 4.78 is 7.12. The molecule has 0 radical (unpaired) electrons. The summed E-state index contributed by atoms with van der Waals surface area (Å²) >= 11 is 1.25. The summed E-state index contributed by atoms with van der Waals surface area (Å²) in [6, 6.07) is 3.41. The summed E-state index contributed by atoms with van der Waals surface area (Å²) in [7, 11) is 0. The molecule has 1 aliphatic rings. The van der Waals surface area contributed by atoms with Gasteiger partial charge in [0.05, 0.1) is 18.1 Å². The molecule has 26 heavy (non-hydrogen) atoms. The molecule has 2 N–H and O–H groups in total. The van der Waals surface area contributed by atoms with E-state index in [0.717, 1.165) is 31.4 Å². The van der Waals surface area contributed by atoms with Crippen molar-refractivity contribution in [3.8, 4) is 0 Å². The number of hydrogen-bond acceptors (Lipinski definition) is 6. The van der Waals surface area contributed by atoms with Crippen LogP contribution in [0.1, 0.15) is 44.8 Å². The number of nitrogens with one attached hydrogen (secondary N) is 2. The van der Waals surface area contributed by atoms with Gasteiger partial charge < -0.3 is 14.3 Å². The highest BCUT2D eigenvalue weighted by molar-refractivity contribution is 8.00. The SMILES string of the molecule is CC(Sc1nncn1Cc1ccco1)C(=O)NC(=O)NC1CCCCC1. The molecular weight excluding hydrogens is 354 g/mol. The lowest BCUT2D eigenvalue weighted by Gasteiger charge is -2.23. The van der Waals surface area contributed by atoms with E-state index in [0.29, 0.717) is 11.7 Å². The zero-order valence-corrected chi connectivity index (χ0v) is 15.5. The number of carbonyl (C=O) groups excluding carboxylic acids is 2. The predicted octanol–water partition coefficient (Wildman–Crippen LogP) is 2.56. The van der Waals surface area contributed by atoms with Crippen molar-refractivity contribution < 1.29 is 14.0 Å². The van der Waals surface area contributed by atoms with Crippen LogP contribution in [0.15, 0.2) is 34.3 Å². The molecule has 0 saturated heterocycles. The number of hydrogen-bond donors (Lipinski definition) is 2. The van der Waals surface area contributed by atoms with Gasteiger partial charge in [-0.25, -0.2) is 4.79 Å². The summed E-state index contributed by atoms with van der Waals surface area (Å²) in [4.78, 5) is 24.3. The van der Waals surface area contributed by atoms with Gasteiger partial charge in [0.15, 0.2) is 5.16 Å². The molecule has 0 aromatic carbocycles. The van der Waals surface area contributed by atoms with Gasteiger partial charge in [-0.2, -0.15) is 0 Å². The van der Waals surface area contributed by atoms with E-state index >= 15 is 0 Å². The van der Waals surface area contributed by atoms with Crippen LogP contribution in [0.4, 0.5) is 4.79 Å². The van der Waals surface area contributed by atoms with Gasteiger partial charge in [0.25, 0.3) is 0 Å². The van der Waals surface area contributed by atoms with Crippen molar-refractivity contribution in [2.45, 2.75) is 62.0 Å². The largest absolute Gasteiger partial charge is 0.467 e. The Labute approximate surface area is 156 Å². The number of thioether (sulfide) groups is 1. The Kier molecular flexibility index (Phi) is 6.32. The minimum Gasteiger partial charge on any atom is -0.467 e. The number of imide groups is 1. The number of rotatable bonds is 6. The van der Waals surface area contributed by atoms with Crippen LogP contribution in [0.3, 0.4) is 0 Å². The molecule has 1 atom stereocenters. The zero-order chi connectivity index (χ0) is 18.4. The second-order valence-electron chi connectivity index (χ2n) is 6.38. The van der Waals surface area contributed by atoms with Crippen molar-refractivity contribution in [3.63, 3.8) is 0 Å². The van der Waals surface area contributed by atoms with Crippen LogP contribution in [0.25, 0.3) is 0 Å². The fourth-order valence-corrected chi connectivity index (χ4v) is 3.73. The molecule has 2 aromatic heterocycles. The van der Waals surface area contributed by atoms with Crippen molar-refractivity contribution in [1.82, 2.24) is 25.4 Å². The average Bonchev–Trinajstić information content (AvgIpc) is 3.28. The number of nitrogens with zero attached hydrogens (tertiary/aromatic N) is 3. The standard InChI is InChI=1S/C17H23N5O3S/c1-12(15(23)20-16(24)19-13-6-3-2-4-7-13)26-17-21-18-11-22(17)10-14-8-5-9-25-14/h5,8-9,11-13H,2-4,6-7,10H2,1H3,(H2,19,20,23,24). The van der Waals surface area contributed by atoms with Gasteiger partial charge in [-0.05, 0) is 31.9 Å². The summed E-state index contributed by atoms with van der Waals surface area (Å²) in [6.45, 7) is 2.22. The maximum atomic E-state index is 12.3. The molecule has 3 rings (SSSR count). The topological polar surface area (TPSA) is 102 Å². The van der Waals surface area contributed by atoms with Gasteiger partial charge in [0.2, 0.25) is 5.91 Å². The van der Waals surface area contributed by atoms with Crippen LogP contribution >= 0.6 is 11.8 Å². The maximum absolute atomic E-state index is 12.3. The second kappa shape index (κ2) is 8.88. The zero-order valence-electron chi connectivity index (χ0n) is 14.7. The summed E-state index contributed by atoms with van der Waals surface area (Å²) in [5, 5.41) is 13.4. The third-order valence-corrected chi connectivity index (χ3v) is 5.41. The van der Waals surface area contributed by atoms with Crippen LogP contribution in [0, 0.1) is 0 Å². The maximum Gasteiger partial charge on any atom is 0.321 e. The van der Waals surface area contributed by atoms with Crippen LogP contribution in [0.5, 0.6) is 0 Å². The van der Waals surface area contributed by atoms with Gasteiger partial charge in [0, 0.05) is 6.04 Å². The molecule has 1 aliphatic carbocycles. The summed E-state index contributed by atoms with van der Waals surface area (Å²) in [5.74, 6) is 0.423. The molecule has 2 aromatic rings. The first-order valence-corrected chi connectivity index (χ1v) is 9.68. The molecule has 3 amide bonds. The third kappa shape index (κ3) is 5.10. The van der Waals surface area contributed by atoms with Crippen LogP contribution in [-0.4, -0.2) is 38.0 Å². The van der Waals surface area contributed by atoms with Gasteiger partial charge in [-0.3, -0.25) is 10.1 Å². The quantitative estimate of drug-likeness (QED) is 0.750. The van der Waals surface area contributed by atoms with E-state index in [1.165, 1.54) is 18.2 Å². The van der Waals surface area contributed by atoms with Crippen molar-refractivity contribution in [2.75, 3.05) is 0 Å². The molecule has 0 spiro atoms. The van der Waals surface area contributed by atoms with Gasteiger partial charge in [-0.1, -0.05) is 31.0 Å². The number of aromatic nitrogens is 3. The summed E-state index contributed by atoms with van der Waals surface area (Å²) in [6.07, 6.45) is 8.60. The fraction of sp³-hybridized carbons (Fsp3) is 0.529. The van der Waals surface area contributed by atoms with Gasteiger partial charge >= 0.3 is 6.03 Å². The Morgan fingerprint density at radius 1 is 1.38 bits per heavy atom. The molecular formula is C17H23N5O3S. The predicted molar refractivity (Wildman–Crippen MR) is 96.7 cm³/mol. The molecule has 140 valence electrons. The van der Waals surface area contributed by atoms with Crippen molar-refractivity contribution in [3.05, 3.63) is 30.5 Å². The monoisotopic (exact) mass is 377 g/mol. The first kappa shape index (κ1) is 18.5. The van der Waals surface area contributed by atoms with E-state index in [-0.39, 0.29) is 11.9 Å². The molecule has 9 heteroatoms. The molecule has 2 heterocycles. The van der Waals surface area contributed by atoms with E-state index in [2.05, 4.69) is 20.8 Å². The third-order valence-electron chi connectivity index (χ3n) is 4.31. The Hall–Kier alpha value is -2.29. The van der Waals surface area contributed by atoms with Crippen LogP contribution < -0.4 is 10.6 Å². The molecule has 0 aliphatic heterocycles.